The molecule has 0 bridgehead atoms. The molecule has 5 heteroatoms. The fourth-order valence-electron chi connectivity index (χ4n) is 4.37. The molecule has 1 saturated carbocycles. The number of aromatic nitrogens is 1. The van der Waals surface area contributed by atoms with E-state index in [-0.39, 0.29) is 0 Å². The Balaban J connectivity index is 1.29. The van der Waals surface area contributed by atoms with Gasteiger partial charge in [-0.3, -0.25) is 0 Å². The van der Waals surface area contributed by atoms with Gasteiger partial charge in [-0.05, 0) is 62.4 Å². The zero-order valence-corrected chi connectivity index (χ0v) is 18.6. The predicted octanol–water partition coefficient (Wildman–Crippen LogP) is 5.51. The Hall–Kier alpha value is -2.30. The molecule has 0 spiro atoms. The SMILES string of the molecule is CN(C)c1cc(NC2CCC(NCCc3cccc(Cl)c3)CC2)nc2ccccc12. The Kier molecular flexibility index (Phi) is 6.76. The van der Waals surface area contributed by atoms with Crippen LogP contribution in [-0.4, -0.2) is 37.7 Å². The highest BCUT2D eigenvalue weighted by Crippen LogP contribution is 2.29. The van der Waals surface area contributed by atoms with Crippen LogP contribution in [0.25, 0.3) is 10.9 Å². The minimum atomic E-state index is 0.486. The monoisotopic (exact) mass is 422 g/mol. The molecule has 4 nitrogen and oxygen atoms in total. The minimum absolute atomic E-state index is 0.486. The average molecular weight is 423 g/mol. The molecule has 0 amide bonds. The van der Waals surface area contributed by atoms with Crippen molar-refractivity contribution in [3.05, 3.63) is 65.2 Å². The molecule has 1 fully saturated rings. The molecule has 1 aliphatic rings. The molecule has 1 aliphatic carbocycles. The van der Waals surface area contributed by atoms with E-state index in [1.165, 1.54) is 42.3 Å². The summed E-state index contributed by atoms with van der Waals surface area (Å²) in [6.45, 7) is 1.00. The van der Waals surface area contributed by atoms with E-state index in [1.54, 1.807) is 0 Å². The van der Waals surface area contributed by atoms with Gasteiger partial charge in [-0.1, -0.05) is 41.9 Å². The second-order valence-electron chi connectivity index (χ2n) is 8.47. The molecule has 0 saturated heterocycles. The lowest BCUT2D eigenvalue weighted by atomic mass is 9.91. The van der Waals surface area contributed by atoms with Gasteiger partial charge in [-0.2, -0.15) is 0 Å². The van der Waals surface area contributed by atoms with Crippen LogP contribution in [0.2, 0.25) is 5.02 Å². The zero-order valence-electron chi connectivity index (χ0n) is 17.9. The first-order chi connectivity index (χ1) is 14.6. The van der Waals surface area contributed by atoms with Crippen LogP contribution in [0.1, 0.15) is 31.2 Å². The molecule has 0 atom stereocenters. The number of nitrogens with zero attached hydrogens (tertiary/aromatic N) is 2. The molecule has 2 aromatic carbocycles. The number of benzene rings is 2. The molecule has 1 aromatic heterocycles. The lowest BCUT2D eigenvalue weighted by Gasteiger charge is -2.30. The number of rotatable bonds is 7. The van der Waals surface area contributed by atoms with Crippen LogP contribution in [0.3, 0.4) is 0 Å². The van der Waals surface area contributed by atoms with Gasteiger partial charge in [-0.15, -0.1) is 0 Å². The van der Waals surface area contributed by atoms with Crippen molar-refractivity contribution in [2.75, 3.05) is 30.9 Å². The van der Waals surface area contributed by atoms with E-state index in [4.69, 9.17) is 16.6 Å². The van der Waals surface area contributed by atoms with E-state index < -0.39 is 0 Å². The van der Waals surface area contributed by atoms with Crippen LogP contribution in [0.15, 0.2) is 54.6 Å². The third kappa shape index (κ3) is 5.24. The van der Waals surface area contributed by atoms with E-state index in [2.05, 4.69) is 72.1 Å². The molecule has 0 unspecified atom stereocenters. The molecule has 158 valence electrons. The van der Waals surface area contributed by atoms with Crippen molar-refractivity contribution in [2.24, 2.45) is 0 Å². The molecule has 1 heterocycles. The van der Waals surface area contributed by atoms with E-state index in [1.807, 2.05) is 12.1 Å². The number of halogens is 1. The number of pyridine rings is 1. The van der Waals surface area contributed by atoms with Crippen molar-refractivity contribution < 1.29 is 0 Å². The van der Waals surface area contributed by atoms with Crippen molar-refractivity contribution in [1.29, 1.82) is 0 Å². The second-order valence-corrected chi connectivity index (χ2v) is 8.90. The predicted molar refractivity (Wildman–Crippen MR) is 129 cm³/mol. The molecule has 30 heavy (non-hydrogen) atoms. The number of fused-ring (bicyclic) bond motifs is 1. The topological polar surface area (TPSA) is 40.2 Å². The number of nitrogens with one attached hydrogen (secondary N) is 2. The summed E-state index contributed by atoms with van der Waals surface area (Å²) in [5.41, 5.74) is 3.55. The van der Waals surface area contributed by atoms with Crippen molar-refractivity contribution in [1.82, 2.24) is 10.3 Å². The number of para-hydroxylation sites is 1. The van der Waals surface area contributed by atoms with Crippen molar-refractivity contribution >= 4 is 34.0 Å². The standard InChI is InChI=1S/C25H31ClN4/c1-30(2)24-17-25(29-23-9-4-3-8-22(23)24)28-21-12-10-20(11-13-21)27-15-14-18-6-5-7-19(26)16-18/h3-9,16-17,20-21,27H,10-15H2,1-2H3,(H,28,29). The van der Waals surface area contributed by atoms with Gasteiger partial charge >= 0.3 is 0 Å². The molecule has 0 radical (unpaired) electrons. The second kappa shape index (κ2) is 9.67. The number of anilines is 2. The summed E-state index contributed by atoms with van der Waals surface area (Å²) in [7, 11) is 4.18. The molecular weight excluding hydrogens is 392 g/mol. The minimum Gasteiger partial charge on any atom is -0.377 e. The van der Waals surface area contributed by atoms with E-state index in [0.717, 1.165) is 29.3 Å². The molecule has 3 aromatic rings. The van der Waals surface area contributed by atoms with Crippen LogP contribution in [-0.2, 0) is 6.42 Å². The van der Waals surface area contributed by atoms with Gasteiger partial charge in [0.25, 0.3) is 0 Å². The summed E-state index contributed by atoms with van der Waals surface area (Å²) in [6, 6.07) is 19.8. The summed E-state index contributed by atoms with van der Waals surface area (Å²) in [6.07, 6.45) is 5.75. The normalized spacial score (nSPS) is 19.0. The zero-order chi connectivity index (χ0) is 20.9. The first-order valence-electron chi connectivity index (χ1n) is 10.9. The van der Waals surface area contributed by atoms with Gasteiger partial charge in [0.05, 0.1) is 5.52 Å². The Morgan fingerprint density at radius 1 is 0.967 bits per heavy atom. The summed E-state index contributed by atoms with van der Waals surface area (Å²) >= 11 is 6.08. The quantitative estimate of drug-likeness (QED) is 0.526. The highest BCUT2D eigenvalue weighted by Gasteiger charge is 2.21. The Morgan fingerprint density at radius 2 is 1.73 bits per heavy atom. The van der Waals surface area contributed by atoms with Gasteiger partial charge in [-0.25, -0.2) is 4.98 Å². The highest BCUT2D eigenvalue weighted by molar-refractivity contribution is 6.30. The van der Waals surface area contributed by atoms with Gasteiger partial charge < -0.3 is 15.5 Å². The average Bonchev–Trinajstić information content (AvgIpc) is 2.74. The maximum Gasteiger partial charge on any atom is 0.128 e. The van der Waals surface area contributed by atoms with Crippen LogP contribution in [0.5, 0.6) is 0 Å². The Bertz CT molecular complexity index is 980. The van der Waals surface area contributed by atoms with Crippen LogP contribution in [0.4, 0.5) is 11.5 Å². The van der Waals surface area contributed by atoms with Gasteiger partial charge in [0.1, 0.15) is 5.82 Å². The molecule has 2 N–H and O–H groups in total. The fraction of sp³-hybridized carbons (Fsp3) is 0.400. The summed E-state index contributed by atoms with van der Waals surface area (Å²) in [5, 5.41) is 9.44. The first kappa shape index (κ1) is 21.0. The first-order valence-corrected chi connectivity index (χ1v) is 11.3. The lowest BCUT2D eigenvalue weighted by Crippen LogP contribution is -2.38. The summed E-state index contributed by atoms with van der Waals surface area (Å²) in [4.78, 5) is 7.02. The smallest absolute Gasteiger partial charge is 0.128 e. The van der Waals surface area contributed by atoms with E-state index in [9.17, 15) is 0 Å². The van der Waals surface area contributed by atoms with Crippen molar-refractivity contribution in [2.45, 2.75) is 44.2 Å². The van der Waals surface area contributed by atoms with Gasteiger partial charge in [0, 0.05) is 48.3 Å². The van der Waals surface area contributed by atoms with Crippen LogP contribution >= 0.6 is 11.6 Å². The van der Waals surface area contributed by atoms with Gasteiger partial charge in [0.15, 0.2) is 0 Å². The van der Waals surface area contributed by atoms with Crippen LogP contribution < -0.4 is 15.5 Å². The number of hydrogen-bond donors (Lipinski definition) is 2. The van der Waals surface area contributed by atoms with Crippen molar-refractivity contribution in [3.8, 4) is 0 Å². The summed E-state index contributed by atoms with van der Waals surface area (Å²) in [5.74, 6) is 0.981. The molecular formula is C25H31ClN4. The Labute approximate surface area is 184 Å². The third-order valence-electron chi connectivity index (χ3n) is 5.99. The Morgan fingerprint density at radius 3 is 2.50 bits per heavy atom. The van der Waals surface area contributed by atoms with Gasteiger partial charge in [0.2, 0.25) is 0 Å². The maximum atomic E-state index is 6.08. The molecule has 4 rings (SSSR count). The summed E-state index contributed by atoms with van der Waals surface area (Å²) < 4.78 is 0. The highest BCUT2D eigenvalue weighted by atomic mass is 35.5. The lowest BCUT2D eigenvalue weighted by molar-refractivity contribution is 0.355. The van der Waals surface area contributed by atoms with E-state index in [0.29, 0.717) is 12.1 Å². The van der Waals surface area contributed by atoms with Crippen LogP contribution in [0, 0.1) is 0 Å². The third-order valence-corrected chi connectivity index (χ3v) is 6.23. The largest absolute Gasteiger partial charge is 0.377 e. The van der Waals surface area contributed by atoms with E-state index >= 15 is 0 Å². The van der Waals surface area contributed by atoms with Crippen molar-refractivity contribution in [3.63, 3.8) is 0 Å². The molecule has 0 aliphatic heterocycles. The maximum absolute atomic E-state index is 6.08. The fourth-order valence-corrected chi connectivity index (χ4v) is 4.58. The number of hydrogen-bond acceptors (Lipinski definition) is 4.